The maximum Gasteiger partial charge on any atom is 0.350 e. The van der Waals surface area contributed by atoms with Crippen molar-refractivity contribution in [2.75, 3.05) is 19.8 Å². The maximum atomic E-state index is 11.6. The minimum atomic E-state index is -0.771. The second kappa shape index (κ2) is 6.23. The van der Waals surface area contributed by atoms with Crippen LogP contribution in [0.25, 0.3) is 0 Å². The Balaban J connectivity index is 2.03. The van der Waals surface area contributed by atoms with E-state index in [0.717, 1.165) is 5.56 Å². The van der Waals surface area contributed by atoms with Crippen LogP contribution in [0.15, 0.2) is 18.2 Å². The lowest BCUT2D eigenvalue weighted by Gasteiger charge is -2.25. The van der Waals surface area contributed by atoms with Crippen molar-refractivity contribution in [2.24, 2.45) is 0 Å². The molecule has 7 nitrogen and oxygen atoms in total. The molecule has 20 heavy (non-hydrogen) atoms. The molecule has 0 saturated carbocycles. The molecule has 0 aromatic heterocycles. The van der Waals surface area contributed by atoms with E-state index in [1.165, 1.54) is 0 Å². The summed E-state index contributed by atoms with van der Waals surface area (Å²) >= 11 is 0. The normalized spacial score (nSPS) is 16.6. The minimum absolute atomic E-state index is 0.0739. The van der Waals surface area contributed by atoms with Gasteiger partial charge in [-0.2, -0.15) is 0 Å². The molecule has 0 saturated heterocycles. The Morgan fingerprint density at radius 2 is 2.30 bits per heavy atom. The number of rotatable bonds is 5. The zero-order chi connectivity index (χ0) is 14.5. The van der Waals surface area contributed by atoms with Gasteiger partial charge >= 0.3 is 5.97 Å². The van der Waals surface area contributed by atoms with Crippen LogP contribution in [-0.2, 0) is 16.0 Å². The van der Waals surface area contributed by atoms with Crippen molar-refractivity contribution < 1.29 is 23.9 Å². The largest absolute Gasteiger partial charge is 0.485 e. The topological polar surface area (TPSA) is 87.9 Å². The van der Waals surface area contributed by atoms with Crippen LogP contribution in [0.1, 0.15) is 12.5 Å². The molecular weight excluding hydrogens is 266 g/mol. The molecule has 1 aromatic rings. The Morgan fingerprint density at radius 3 is 3.00 bits per heavy atom. The van der Waals surface area contributed by atoms with Gasteiger partial charge in [0.25, 0.3) is 0 Å². The molecule has 1 aliphatic rings. The third-order valence-electron chi connectivity index (χ3n) is 2.80. The summed E-state index contributed by atoms with van der Waals surface area (Å²) in [5.41, 5.74) is 0.790. The summed E-state index contributed by atoms with van der Waals surface area (Å²) in [6.07, 6.45) is -0.447. The fourth-order valence-corrected chi connectivity index (χ4v) is 1.84. The van der Waals surface area contributed by atoms with Crippen LogP contribution in [0, 0.1) is 10.1 Å². The lowest BCUT2D eigenvalue weighted by Crippen LogP contribution is -2.37. The van der Waals surface area contributed by atoms with Gasteiger partial charge in [-0.15, -0.1) is 0 Å². The molecule has 0 N–H and O–H groups in total. The first-order valence-corrected chi connectivity index (χ1v) is 6.31. The van der Waals surface area contributed by atoms with Gasteiger partial charge in [-0.3, -0.25) is 10.1 Å². The molecule has 0 aliphatic carbocycles. The average molecular weight is 281 g/mol. The molecule has 0 bridgehead atoms. The summed E-state index contributed by atoms with van der Waals surface area (Å²) < 4.78 is 15.8. The van der Waals surface area contributed by atoms with Crippen molar-refractivity contribution in [3.63, 3.8) is 0 Å². The Morgan fingerprint density at radius 1 is 1.50 bits per heavy atom. The molecule has 1 aromatic carbocycles. The van der Waals surface area contributed by atoms with Crippen molar-refractivity contribution in [2.45, 2.75) is 19.4 Å². The minimum Gasteiger partial charge on any atom is -0.485 e. The van der Waals surface area contributed by atoms with Crippen LogP contribution < -0.4 is 9.47 Å². The van der Waals surface area contributed by atoms with Gasteiger partial charge in [0.05, 0.1) is 6.61 Å². The first-order valence-electron chi connectivity index (χ1n) is 6.31. The first-order chi connectivity index (χ1) is 9.60. The number of nitro groups is 1. The molecule has 0 amide bonds. The molecule has 7 heteroatoms. The van der Waals surface area contributed by atoms with E-state index in [0.29, 0.717) is 17.9 Å². The van der Waals surface area contributed by atoms with Crippen LogP contribution in [0.2, 0.25) is 0 Å². The van der Waals surface area contributed by atoms with Gasteiger partial charge in [-0.05, 0) is 24.6 Å². The van der Waals surface area contributed by atoms with Crippen molar-refractivity contribution in [3.8, 4) is 11.5 Å². The molecule has 1 aliphatic heterocycles. The number of carbonyl (C=O) groups excluding carboxylic acids is 1. The summed E-state index contributed by atoms with van der Waals surface area (Å²) in [6, 6.07) is 5.06. The molecule has 2 rings (SSSR count). The van der Waals surface area contributed by atoms with E-state index in [9.17, 15) is 14.9 Å². The van der Waals surface area contributed by atoms with Crippen molar-refractivity contribution in [3.05, 3.63) is 33.9 Å². The fourth-order valence-electron chi connectivity index (χ4n) is 1.84. The highest BCUT2D eigenvalue weighted by Gasteiger charge is 2.28. The van der Waals surface area contributed by atoms with Crippen molar-refractivity contribution in [1.82, 2.24) is 0 Å². The second-order valence-corrected chi connectivity index (χ2v) is 4.26. The number of benzene rings is 1. The molecule has 0 fully saturated rings. The van der Waals surface area contributed by atoms with Crippen molar-refractivity contribution >= 4 is 5.97 Å². The SMILES string of the molecule is CCOC(=O)[C@H]1COc2cc(CC[N+](=O)[O-])ccc2O1. The van der Waals surface area contributed by atoms with Gasteiger partial charge in [0.15, 0.2) is 11.5 Å². The van der Waals surface area contributed by atoms with E-state index in [1.807, 2.05) is 0 Å². The smallest absolute Gasteiger partial charge is 0.350 e. The monoisotopic (exact) mass is 281 g/mol. The van der Waals surface area contributed by atoms with Crippen LogP contribution in [0.3, 0.4) is 0 Å². The lowest BCUT2D eigenvalue weighted by atomic mass is 10.1. The second-order valence-electron chi connectivity index (χ2n) is 4.26. The molecule has 108 valence electrons. The summed E-state index contributed by atoms with van der Waals surface area (Å²) in [5, 5.41) is 10.3. The molecular formula is C13H15NO6. The number of esters is 1. The number of ether oxygens (including phenoxy) is 3. The molecule has 0 unspecified atom stereocenters. The van der Waals surface area contributed by atoms with E-state index in [1.54, 1.807) is 25.1 Å². The van der Waals surface area contributed by atoms with E-state index < -0.39 is 12.1 Å². The van der Waals surface area contributed by atoms with Crippen LogP contribution in [0.4, 0.5) is 0 Å². The number of fused-ring (bicyclic) bond motifs is 1. The maximum absolute atomic E-state index is 11.6. The van der Waals surface area contributed by atoms with Gasteiger partial charge in [-0.25, -0.2) is 4.79 Å². The van der Waals surface area contributed by atoms with E-state index in [4.69, 9.17) is 14.2 Å². The number of nitrogens with zero attached hydrogens (tertiary/aromatic N) is 1. The van der Waals surface area contributed by atoms with E-state index in [-0.39, 0.29) is 24.7 Å². The van der Waals surface area contributed by atoms with Gasteiger partial charge in [0.2, 0.25) is 12.6 Å². The van der Waals surface area contributed by atoms with Crippen molar-refractivity contribution in [1.29, 1.82) is 0 Å². The predicted octanol–water partition coefficient (Wildman–Crippen LogP) is 1.21. The van der Waals surface area contributed by atoms with Gasteiger partial charge in [-0.1, -0.05) is 6.07 Å². The Kier molecular flexibility index (Phi) is 4.39. The summed E-state index contributed by atoms with van der Waals surface area (Å²) in [7, 11) is 0. The summed E-state index contributed by atoms with van der Waals surface area (Å²) in [4.78, 5) is 21.5. The molecule has 1 atom stereocenters. The van der Waals surface area contributed by atoms with Gasteiger partial charge in [0, 0.05) is 11.3 Å². The highest BCUT2D eigenvalue weighted by Crippen LogP contribution is 2.32. The molecule has 0 radical (unpaired) electrons. The number of hydrogen-bond donors (Lipinski definition) is 0. The summed E-state index contributed by atoms with van der Waals surface area (Å²) in [5.74, 6) is 0.473. The molecule has 1 heterocycles. The average Bonchev–Trinajstić information content (AvgIpc) is 2.44. The third kappa shape index (κ3) is 3.37. The Labute approximate surface area is 115 Å². The highest BCUT2D eigenvalue weighted by molar-refractivity contribution is 5.76. The quantitative estimate of drug-likeness (QED) is 0.458. The highest BCUT2D eigenvalue weighted by atomic mass is 16.6. The Hall–Kier alpha value is -2.31. The lowest BCUT2D eigenvalue weighted by molar-refractivity contribution is -0.479. The first kappa shape index (κ1) is 14.1. The van der Waals surface area contributed by atoms with Gasteiger partial charge < -0.3 is 14.2 Å². The zero-order valence-electron chi connectivity index (χ0n) is 11.0. The van der Waals surface area contributed by atoms with E-state index in [2.05, 4.69) is 0 Å². The van der Waals surface area contributed by atoms with Crippen LogP contribution in [-0.4, -0.2) is 36.8 Å². The predicted molar refractivity (Wildman–Crippen MR) is 68.6 cm³/mol. The Bertz CT molecular complexity index is 516. The summed E-state index contributed by atoms with van der Waals surface area (Å²) in [6.45, 7) is 1.94. The fraction of sp³-hybridized carbons (Fsp3) is 0.462. The standard InChI is InChI=1S/C13H15NO6/c1-2-18-13(15)12-8-19-11-7-9(5-6-14(16)17)3-4-10(11)20-12/h3-4,7,12H,2,5-6,8H2,1H3/t12-/m1/s1. The third-order valence-corrected chi connectivity index (χ3v) is 2.80. The van der Waals surface area contributed by atoms with Crippen LogP contribution >= 0.6 is 0 Å². The van der Waals surface area contributed by atoms with Crippen LogP contribution in [0.5, 0.6) is 11.5 Å². The zero-order valence-corrected chi connectivity index (χ0v) is 11.0. The number of carbonyl (C=O) groups is 1. The molecule has 0 spiro atoms. The van der Waals surface area contributed by atoms with E-state index >= 15 is 0 Å². The van der Waals surface area contributed by atoms with Gasteiger partial charge in [0.1, 0.15) is 6.61 Å². The number of hydrogen-bond acceptors (Lipinski definition) is 6.